The molecule has 0 fully saturated rings. The van der Waals surface area contributed by atoms with Crippen molar-refractivity contribution in [3.63, 3.8) is 0 Å². The third kappa shape index (κ3) is 5.33. The van der Waals surface area contributed by atoms with Gasteiger partial charge in [-0.15, -0.1) is 0 Å². The molecule has 8 heteroatoms. The summed E-state index contributed by atoms with van der Waals surface area (Å²) in [5.74, 6) is 0.0316. The molecule has 2 heterocycles. The zero-order valence-corrected chi connectivity index (χ0v) is 18.5. The molecule has 2 N–H and O–H groups in total. The highest BCUT2D eigenvalue weighted by atomic mass is 16.2. The molecule has 0 aliphatic heterocycles. The summed E-state index contributed by atoms with van der Waals surface area (Å²) in [6.07, 6.45) is 3.23. The minimum Gasteiger partial charge on any atom is -0.340 e. The van der Waals surface area contributed by atoms with Gasteiger partial charge in [-0.25, -0.2) is 9.97 Å². The molecule has 3 aromatic rings. The van der Waals surface area contributed by atoms with Gasteiger partial charge in [0.15, 0.2) is 0 Å². The summed E-state index contributed by atoms with van der Waals surface area (Å²) in [7, 11) is 0. The molecular weight excluding hydrogens is 392 g/mol. The quantitative estimate of drug-likeness (QED) is 0.637. The number of carbonyl (C=O) groups is 2. The van der Waals surface area contributed by atoms with Gasteiger partial charge in [-0.1, -0.05) is 52.8 Å². The number of aromatic nitrogens is 4. The van der Waals surface area contributed by atoms with Gasteiger partial charge in [0.2, 0.25) is 5.91 Å². The van der Waals surface area contributed by atoms with Gasteiger partial charge in [0.1, 0.15) is 11.9 Å². The van der Waals surface area contributed by atoms with Crippen LogP contribution >= 0.6 is 0 Å². The van der Waals surface area contributed by atoms with E-state index < -0.39 is 6.04 Å². The molecule has 0 aliphatic rings. The van der Waals surface area contributed by atoms with Crippen LogP contribution in [-0.2, 0) is 10.2 Å². The third-order valence-corrected chi connectivity index (χ3v) is 4.74. The van der Waals surface area contributed by atoms with Crippen molar-refractivity contribution in [3.8, 4) is 5.95 Å². The van der Waals surface area contributed by atoms with E-state index in [9.17, 15) is 9.59 Å². The van der Waals surface area contributed by atoms with Crippen LogP contribution in [0.2, 0.25) is 0 Å². The van der Waals surface area contributed by atoms with Crippen molar-refractivity contribution < 1.29 is 9.59 Å². The first-order valence-electron chi connectivity index (χ1n) is 10.2. The number of rotatable bonds is 6. The van der Waals surface area contributed by atoms with Crippen LogP contribution in [0, 0.1) is 5.92 Å². The second-order valence-electron chi connectivity index (χ2n) is 8.68. The Hall–Kier alpha value is -3.55. The van der Waals surface area contributed by atoms with Crippen LogP contribution in [0.3, 0.4) is 0 Å². The van der Waals surface area contributed by atoms with Gasteiger partial charge in [0.05, 0.1) is 5.69 Å². The Labute approximate surface area is 182 Å². The van der Waals surface area contributed by atoms with E-state index in [1.807, 2.05) is 46.8 Å². The zero-order chi connectivity index (χ0) is 22.6. The molecule has 8 nitrogen and oxygen atoms in total. The van der Waals surface area contributed by atoms with Crippen molar-refractivity contribution in [2.24, 2.45) is 5.92 Å². The van der Waals surface area contributed by atoms with E-state index in [-0.39, 0.29) is 23.1 Å². The number of nitrogens with zero attached hydrogens (tertiary/aromatic N) is 4. The molecule has 0 saturated heterocycles. The number of hydrogen-bond donors (Lipinski definition) is 2. The standard InChI is InChI=1S/C23H28N6O2/c1-15(2)19(27-20(30)16-10-7-6-8-11-16)21(31)26-18-14-17(23(3,4)5)28-29(18)22-24-12-9-13-25-22/h6-15,19H,1-5H3,(H,26,31)(H,27,30). The summed E-state index contributed by atoms with van der Waals surface area (Å²) in [4.78, 5) is 34.3. The average Bonchev–Trinajstić information content (AvgIpc) is 3.17. The molecule has 0 spiro atoms. The van der Waals surface area contributed by atoms with Crippen LogP contribution in [0.1, 0.15) is 50.7 Å². The van der Waals surface area contributed by atoms with Crippen molar-refractivity contribution in [3.05, 3.63) is 66.1 Å². The molecule has 1 aromatic carbocycles. The molecule has 1 atom stereocenters. The van der Waals surface area contributed by atoms with Crippen molar-refractivity contribution in [1.29, 1.82) is 0 Å². The Bertz CT molecular complexity index is 1040. The predicted molar refractivity (Wildman–Crippen MR) is 119 cm³/mol. The summed E-state index contributed by atoms with van der Waals surface area (Å²) in [5, 5.41) is 10.4. The van der Waals surface area contributed by atoms with Gasteiger partial charge in [0, 0.05) is 29.4 Å². The monoisotopic (exact) mass is 420 g/mol. The van der Waals surface area contributed by atoms with Gasteiger partial charge in [0.25, 0.3) is 11.9 Å². The maximum absolute atomic E-state index is 13.2. The summed E-state index contributed by atoms with van der Waals surface area (Å²) < 4.78 is 1.51. The lowest BCUT2D eigenvalue weighted by molar-refractivity contribution is -0.118. The molecule has 31 heavy (non-hydrogen) atoms. The fourth-order valence-corrected chi connectivity index (χ4v) is 2.94. The van der Waals surface area contributed by atoms with Crippen molar-refractivity contribution in [2.75, 3.05) is 5.32 Å². The van der Waals surface area contributed by atoms with Crippen LogP contribution < -0.4 is 10.6 Å². The zero-order valence-electron chi connectivity index (χ0n) is 18.5. The number of hydrogen-bond acceptors (Lipinski definition) is 5. The molecule has 3 rings (SSSR count). The predicted octanol–water partition coefficient (Wildman–Crippen LogP) is 3.35. The van der Waals surface area contributed by atoms with Gasteiger partial charge < -0.3 is 10.6 Å². The lowest BCUT2D eigenvalue weighted by Gasteiger charge is -2.21. The van der Waals surface area contributed by atoms with Gasteiger partial charge in [-0.05, 0) is 24.1 Å². The Morgan fingerprint density at radius 2 is 1.65 bits per heavy atom. The normalized spacial score (nSPS) is 12.5. The fraction of sp³-hybridized carbons (Fsp3) is 0.348. The maximum atomic E-state index is 13.2. The number of anilines is 1. The molecule has 0 aliphatic carbocycles. The van der Waals surface area contributed by atoms with Crippen LogP contribution in [0.15, 0.2) is 54.9 Å². The second kappa shape index (κ2) is 9.07. The fourth-order valence-electron chi connectivity index (χ4n) is 2.94. The summed E-state index contributed by atoms with van der Waals surface area (Å²) in [6.45, 7) is 9.87. The Balaban J connectivity index is 1.88. The van der Waals surface area contributed by atoms with Crippen LogP contribution in [0.25, 0.3) is 5.95 Å². The first-order chi connectivity index (χ1) is 14.7. The number of nitrogens with one attached hydrogen (secondary N) is 2. The topological polar surface area (TPSA) is 102 Å². The molecule has 0 saturated carbocycles. The number of benzene rings is 1. The maximum Gasteiger partial charge on any atom is 0.252 e. The number of amides is 2. The molecule has 0 radical (unpaired) electrons. The first-order valence-corrected chi connectivity index (χ1v) is 10.2. The smallest absolute Gasteiger partial charge is 0.252 e. The third-order valence-electron chi connectivity index (χ3n) is 4.74. The minimum atomic E-state index is -0.731. The van der Waals surface area contributed by atoms with Gasteiger partial charge in [-0.3, -0.25) is 9.59 Å². The van der Waals surface area contributed by atoms with E-state index in [0.717, 1.165) is 5.69 Å². The molecule has 0 bridgehead atoms. The van der Waals surface area contributed by atoms with Crippen LogP contribution in [0.4, 0.5) is 5.82 Å². The van der Waals surface area contributed by atoms with E-state index in [4.69, 9.17) is 0 Å². The highest BCUT2D eigenvalue weighted by Gasteiger charge is 2.28. The summed E-state index contributed by atoms with van der Waals surface area (Å²) in [6, 6.07) is 11.6. The Morgan fingerprint density at radius 1 is 1.00 bits per heavy atom. The number of carbonyl (C=O) groups excluding carboxylic acids is 2. The largest absolute Gasteiger partial charge is 0.340 e. The van der Waals surface area contributed by atoms with E-state index in [1.165, 1.54) is 4.68 Å². The molecule has 1 unspecified atom stereocenters. The Kier molecular flexibility index (Phi) is 6.48. The van der Waals surface area contributed by atoms with E-state index in [2.05, 4.69) is 25.7 Å². The first kappa shape index (κ1) is 22.1. The van der Waals surface area contributed by atoms with Crippen LogP contribution in [-0.4, -0.2) is 37.6 Å². The molecular formula is C23H28N6O2. The van der Waals surface area contributed by atoms with Crippen LogP contribution in [0.5, 0.6) is 0 Å². The molecule has 162 valence electrons. The van der Waals surface area contributed by atoms with Gasteiger partial charge >= 0.3 is 0 Å². The lowest BCUT2D eigenvalue weighted by Crippen LogP contribution is -2.47. The van der Waals surface area contributed by atoms with Gasteiger partial charge in [-0.2, -0.15) is 9.78 Å². The molecule has 2 aromatic heterocycles. The second-order valence-corrected chi connectivity index (χ2v) is 8.68. The van der Waals surface area contributed by atoms with E-state index >= 15 is 0 Å². The van der Waals surface area contributed by atoms with E-state index in [0.29, 0.717) is 17.3 Å². The van der Waals surface area contributed by atoms with Crippen molar-refractivity contribution >= 4 is 17.6 Å². The van der Waals surface area contributed by atoms with Crippen molar-refractivity contribution in [2.45, 2.75) is 46.1 Å². The summed E-state index contributed by atoms with van der Waals surface area (Å²) in [5.41, 5.74) is 1.04. The highest BCUT2D eigenvalue weighted by molar-refractivity contribution is 6.01. The van der Waals surface area contributed by atoms with E-state index in [1.54, 1.807) is 42.7 Å². The Morgan fingerprint density at radius 3 is 2.23 bits per heavy atom. The summed E-state index contributed by atoms with van der Waals surface area (Å²) >= 11 is 0. The van der Waals surface area contributed by atoms with Crippen molar-refractivity contribution in [1.82, 2.24) is 25.1 Å². The highest BCUT2D eigenvalue weighted by Crippen LogP contribution is 2.25. The lowest BCUT2D eigenvalue weighted by atomic mass is 9.92. The SMILES string of the molecule is CC(C)C(NC(=O)c1ccccc1)C(=O)Nc1cc(C(C)(C)C)nn1-c1ncccn1. The minimum absolute atomic E-state index is 0.126. The average molecular weight is 421 g/mol. The molecule has 2 amide bonds.